The van der Waals surface area contributed by atoms with E-state index < -0.39 is 0 Å². The Hall–Kier alpha value is 0.558. The van der Waals surface area contributed by atoms with Crippen molar-refractivity contribution in [2.24, 2.45) is 0 Å². The van der Waals surface area contributed by atoms with E-state index in [1.807, 2.05) is 0 Å². The van der Waals surface area contributed by atoms with E-state index in [4.69, 9.17) is 0 Å². The molecular weight excluding hydrogens is 244 g/mol. The number of hydrogen-bond donors (Lipinski definition) is 0. The van der Waals surface area contributed by atoms with Crippen molar-refractivity contribution in [3.05, 3.63) is 0 Å². The van der Waals surface area contributed by atoms with E-state index in [-0.39, 0.29) is 0 Å². The van der Waals surface area contributed by atoms with Crippen LogP contribution in [-0.4, -0.2) is 3.90 Å². The first-order valence-corrected chi connectivity index (χ1v) is 3.88. The number of rotatable bonds is 0. The van der Waals surface area contributed by atoms with Crippen LogP contribution in [0.2, 0.25) is 0 Å². The topological polar surface area (TPSA) is 0 Å². The molecule has 6 heavy (non-hydrogen) atoms. The fraction of sp³-hybridized carbons (Fsp3) is 0.800. The van der Waals surface area contributed by atoms with Gasteiger partial charge in [-0.15, -0.1) is 0 Å². The Morgan fingerprint density at radius 3 is 1.83 bits per heavy atom. The minimum atomic E-state index is 1.44. The summed E-state index contributed by atoms with van der Waals surface area (Å²) in [7, 11) is 0. The summed E-state index contributed by atoms with van der Waals surface area (Å²) >= 11 is 1.72. The van der Waals surface area contributed by atoms with Crippen LogP contribution in [0.4, 0.5) is 0 Å². The van der Waals surface area contributed by atoms with Crippen molar-refractivity contribution in [2.75, 3.05) is 0 Å². The molecule has 0 saturated heterocycles. The van der Waals surface area contributed by atoms with Crippen LogP contribution in [-0.2, 0) is 19.4 Å². The second kappa shape index (κ2) is 2.02. The zero-order valence-electron chi connectivity index (χ0n) is 3.74. The van der Waals surface area contributed by atoms with Crippen LogP contribution in [0.15, 0.2) is 0 Å². The maximum atomic E-state index is 1.79. The predicted octanol–water partition coefficient (Wildman–Crippen LogP) is 1.28. The van der Waals surface area contributed by atoms with Gasteiger partial charge in [0.15, 0.2) is 0 Å². The van der Waals surface area contributed by atoms with Gasteiger partial charge in [0.2, 0.25) is 0 Å². The van der Waals surface area contributed by atoms with Gasteiger partial charge in [0.25, 0.3) is 0 Å². The maximum absolute atomic E-state index is 1.79. The second-order valence-corrected chi connectivity index (χ2v) is 3.82. The Morgan fingerprint density at radius 2 is 1.67 bits per heavy atom. The van der Waals surface area contributed by atoms with Crippen molar-refractivity contribution in [1.29, 1.82) is 0 Å². The summed E-state index contributed by atoms with van der Waals surface area (Å²) in [6.45, 7) is 0. The van der Waals surface area contributed by atoms with Gasteiger partial charge in [-0.3, -0.25) is 0 Å². The zero-order chi connectivity index (χ0) is 4.41. The van der Waals surface area contributed by atoms with Gasteiger partial charge in [0, 0.05) is 0 Å². The summed E-state index contributed by atoms with van der Waals surface area (Å²) in [5.41, 5.74) is 0. The molecule has 0 bridgehead atoms. The van der Waals surface area contributed by atoms with Crippen LogP contribution in [0.1, 0.15) is 25.7 Å². The van der Waals surface area contributed by atoms with Crippen molar-refractivity contribution >= 4 is 3.90 Å². The molecule has 0 aromatic rings. The molecular formula is C5H8W. The molecule has 0 unspecified atom stereocenters. The quantitative estimate of drug-likeness (QED) is 0.609. The van der Waals surface area contributed by atoms with E-state index in [1.54, 1.807) is 23.3 Å². The van der Waals surface area contributed by atoms with Crippen molar-refractivity contribution in [3.63, 3.8) is 0 Å². The molecule has 1 aliphatic rings. The molecule has 34 valence electrons. The van der Waals surface area contributed by atoms with Crippen molar-refractivity contribution in [2.45, 2.75) is 25.7 Å². The Kier molecular flexibility index (Phi) is 1.59. The molecule has 0 radical (unpaired) electrons. The molecule has 0 nitrogen and oxygen atoms in total. The summed E-state index contributed by atoms with van der Waals surface area (Å²) in [5, 5.41) is 0. The molecule has 0 aromatic carbocycles. The van der Waals surface area contributed by atoms with Gasteiger partial charge < -0.3 is 0 Å². The monoisotopic (exact) mass is 252 g/mol. The van der Waals surface area contributed by atoms with Crippen LogP contribution in [0.3, 0.4) is 0 Å². The van der Waals surface area contributed by atoms with Gasteiger partial charge in [-0.1, -0.05) is 0 Å². The van der Waals surface area contributed by atoms with E-state index in [0.717, 1.165) is 0 Å². The SMILES string of the molecule is [W]=[C]1CCCC1. The number of hydrogen-bond acceptors (Lipinski definition) is 0. The molecule has 1 heteroatoms. The molecule has 0 aliphatic heterocycles. The third kappa shape index (κ3) is 1.01. The Labute approximate surface area is 49.3 Å². The molecule has 1 rings (SSSR count). The van der Waals surface area contributed by atoms with Crippen molar-refractivity contribution in [1.82, 2.24) is 0 Å². The molecule has 1 saturated carbocycles. The summed E-state index contributed by atoms with van der Waals surface area (Å²) in [6, 6.07) is 0. The first-order valence-electron chi connectivity index (χ1n) is 2.41. The third-order valence-electron chi connectivity index (χ3n) is 1.16. The summed E-state index contributed by atoms with van der Waals surface area (Å²) in [5.74, 6) is 0. The molecule has 0 aromatic heterocycles. The van der Waals surface area contributed by atoms with Gasteiger partial charge >= 0.3 is 48.9 Å². The van der Waals surface area contributed by atoms with Crippen LogP contribution >= 0.6 is 0 Å². The predicted molar refractivity (Wildman–Crippen MR) is 23.5 cm³/mol. The van der Waals surface area contributed by atoms with Gasteiger partial charge in [0.1, 0.15) is 0 Å². The Balaban J connectivity index is 2.37. The zero-order valence-corrected chi connectivity index (χ0v) is 6.67. The van der Waals surface area contributed by atoms with Gasteiger partial charge in [-0.05, 0) is 0 Å². The van der Waals surface area contributed by atoms with Gasteiger partial charge in [-0.25, -0.2) is 0 Å². The standard InChI is InChI=1S/C5H8.W/c1-2-4-5-3-1;/h1-4H2;. The van der Waals surface area contributed by atoms with Gasteiger partial charge in [-0.2, -0.15) is 0 Å². The average Bonchev–Trinajstić information content (AvgIpc) is 1.86. The fourth-order valence-corrected chi connectivity index (χ4v) is 1.81. The molecule has 0 N–H and O–H groups in total. The van der Waals surface area contributed by atoms with Crippen LogP contribution < -0.4 is 0 Å². The van der Waals surface area contributed by atoms with E-state index in [0.29, 0.717) is 0 Å². The Morgan fingerprint density at radius 1 is 1.17 bits per heavy atom. The Bertz CT molecular complexity index is 58.3. The summed E-state index contributed by atoms with van der Waals surface area (Å²) < 4.78 is 1.79. The average molecular weight is 252 g/mol. The van der Waals surface area contributed by atoms with Crippen LogP contribution in [0.5, 0.6) is 0 Å². The van der Waals surface area contributed by atoms with Crippen LogP contribution in [0, 0.1) is 0 Å². The molecule has 0 heterocycles. The van der Waals surface area contributed by atoms with Crippen molar-refractivity contribution in [3.8, 4) is 0 Å². The summed E-state index contributed by atoms with van der Waals surface area (Å²) in [6.07, 6.45) is 5.82. The van der Waals surface area contributed by atoms with Crippen LogP contribution in [0.25, 0.3) is 0 Å². The van der Waals surface area contributed by atoms with Crippen molar-refractivity contribution < 1.29 is 19.4 Å². The van der Waals surface area contributed by atoms with E-state index in [1.165, 1.54) is 25.7 Å². The fourth-order valence-electron chi connectivity index (χ4n) is 0.769. The van der Waals surface area contributed by atoms with E-state index >= 15 is 0 Å². The molecule has 1 fully saturated rings. The first kappa shape index (κ1) is 4.71. The normalized spacial score (nSPS) is 22.3. The first-order chi connectivity index (χ1) is 2.89. The minimum absolute atomic E-state index is 1.44. The second-order valence-electron chi connectivity index (χ2n) is 1.75. The molecule has 0 atom stereocenters. The van der Waals surface area contributed by atoms with E-state index in [2.05, 4.69) is 0 Å². The molecule has 0 spiro atoms. The van der Waals surface area contributed by atoms with Gasteiger partial charge in [0.05, 0.1) is 0 Å². The molecule has 0 amide bonds. The molecule has 1 aliphatic carbocycles. The summed E-state index contributed by atoms with van der Waals surface area (Å²) in [4.78, 5) is 0. The van der Waals surface area contributed by atoms with E-state index in [9.17, 15) is 0 Å². The third-order valence-corrected chi connectivity index (χ3v) is 2.63.